The maximum absolute atomic E-state index is 12.8. The van der Waals surface area contributed by atoms with E-state index in [1.807, 2.05) is 71.1 Å². The summed E-state index contributed by atoms with van der Waals surface area (Å²) in [6, 6.07) is 26.7. The summed E-state index contributed by atoms with van der Waals surface area (Å²) in [6.45, 7) is 1.86. The number of rotatable bonds is 8. The first kappa shape index (κ1) is 55.5. The number of nitrogens with zero attached hydrogens (tertiary/aromatic N) is 4. The molecule has 16 N–H and O–H groups in total. The van der Waals surface area contributed by atoms with Crippen molar-refractivity contribution in [3.63, 3.8) is 0 Å². The van der Waals surface area contributed by atoms with Gasteiger partial charge in [-0.05, 0) is 116 Å². The predicted octanol–water partition coefficient (Wildman–Crippen LogP) is 6.63. The number of guanidine groups is 4. The lowest BCUT2D eigenvalue weighted by molar-refractivity contribution is 0.619. The predicted molar refractivity (Wildman–Crippen MR) is 244 cm³/mol. The lowest BCUT2D eigenvalue weighted by atomic mass is 10.2. The van der Waals surface area contributed by atoms with Crippen LogP contribution in [-0.4, -0.2) is 23.8 Å². The van der Waals surface area contributed by atoms with E-state index in [4.69, 9.17) is 45.9 Å². The molecule has 0 fully saturated rings. The molecule has 12 nitrogen and oxygen atoms in total. The van der Waals surface area contributed by atoms with Crippen LogP contribution in [0.4, 0.5) is 8.78 Å². The molecule has 17 heteroatoms. The fourth-order valence-electron chi connectivity index (χ4n) is 3.23. The highest BCUT2D eigenvalue weighted by Crippen LogP contribution is 2.14. The van der Waals surface area contributed by atoms with Gasteiger partial charge in [0.15, 0.2) is 23.8 Å². The Morgan fingerprint density at radius 1 is 0.528 bits per heavy atom. The number of hydrogen-bond acceptors (Lipinski definition) is 4. The van der Waals surface area contributed by atoms with Crippen molar-refractivity contribution in [2.24, 2.45) is 65.8 Å². The highest BCUT2D eigenvalue weighted by atomic mass is 127. The van der Waals surface area contributed by atoms with Crippen LogP contribution in [0.1, 0.15) is 52.0 Å². The van der Waals surface area contributed by atoms with Gasteiger partial charge in [0.2, 0.25) is 0 Å². The third kappa shape index (κ3) is 29.0. The Morgan fingerprint density at radius 3 is 1.30 bits per heavy atom. The van der Waals surface area contributed by atoms with Crippen LogP contribution in [-0.2, 0) is 26.2 Å². The van der Waals surface area contributed by atoms with E-state index in [0.29, 0.717) is 29.7 Å². The Hall–Kier alpha value is -4.24. The molecular formula is C36H55BrF2I2N12. The first-order valence-corrected chi connectivity index (χ1v) is 17.0. The largest absolute Gasteiger partial charge is 0.370 e. The molecule has 294 valence electrons. The van der Waals surface area contributed by atoms with Gasteiger partial charge < -0.3 is 45.9 Å². The highest BCUT2D eigenvalue weighted by molar-refractivity contribution is 14.1. The van der Waals surface area contributed by atoms with E-state index in [0.717, 1.165) is 26.7 Å². The van der Waals surface area contributed by atoms with Crippen molar-refractivity contribution in [1.29, 1.82) is 0 Å². The Labute approximate surface area is 349 Å². The fourth-order valence-corrected chi connectivity index (χ4v) is 4.86. The van der Waals surface area contributed by atoms with Crippen molar-refractivity contribution >= 4 is 84.9 Å². The van der Waals surface area contributed by atoms with Gasteiger partial charge in [-0.25, -0.2) is 28.8 Å². The van der Waals surface area contributed by atoms with Crippen molar-refractivity contribution in [3.8, 4) is 0 Å². The zero-order valence-corrected chi connectivity index (χ0v) is 32.2. The van der Waals surface area contributed by atoms with Gasteiger partial charge >= 0.3 is 0 Å². The van der Waals surface area contributed by atoms with E-state index in [9.17, 15) is 8.78 Å². The molecule has 0 aromatic heterocycles. The SMILES string of the molecule is C.C.C.C.NC(N)=NCc1ccc([18F])c(I)c1.NC(N)=NCc1ccc([18F])cc1.NC(N)=NCc1cccc([123I])c1.NC(N)=NCc1cccc([76Br])c1. The maximum Gasteiger partial charge on any atom is 0.186 e. The molecule has 0 unspecified atom stereocenters. The van der Waals surface area contributed by atoms with Crippen molar-refractivity contribution in [1.82, 2.24) is 0 Å². The quantitative estimate of drug-likeness (QED) is 0.0538. The topological polar surface area (TPSA) is 258 Å². The molecule has 4 rings (SSSR count). The standard InChI is InChI=1S/C8H10BrN3.C8H9FIN3.C8H10FN3.C8H10IN3.4CH4/c9-7-3-1-2-6(4-7)5-12-8(10)11;9-6-2-1-5(3-7(6)10)4-13-8(11)12;9-7-3-1-6(2-4-7)5-12-8(10)11;9-7-3-1-2-6(4-7)5-12-8(10)11;;;;/h1-4H,5H2,(H4,10,11,12);1-3H,4H2,(H4,11,12,13);2*1-4H,5H2,(H4,10,11,12);4*1H4/i9-4;2*9-1;9-4;;;;. The molecule has 0 aliphatic rings. The van der Waals surface area contributed by atoms with Gasteiger partial charge in [-0.1, -0.05) is 88.1 Å². The molecule has 0 spiro atoms. The van der Waals surface area contributed by atoms with Crippen LogP contribution in [0.25, 0.3) is 0 Å². The molecule has 0 amide bonds. The molecule has 4 aromatic rings. The minimum atomic E-state index is -0.261. The van der Waals surface area contributed by atoms with Crippen LogP contribution in [0.2, 0.25) is 0 Å². The first-order valence-electron chi connectivity index (χ1n) is 14.0. The third-order valence-corrected chi connectivity index (χ3v) is 7.44. The molecule has 0 heterocycles. The van der Waals surface area contributed by atoms with E-state index in [-0.39, 0.29) is 65.2 Å². The van der Waals surface area contributed by atoms with Crippen LogP contribution >= 0.6 is 61.1 Å². The highest BCUT2D eigenvalue weighted by Gasteiger charge is 1.99. The monoisotopic (exact) mass is 1020 g/mol. The molecule has 0 aliphatic heterocycles. The molecule has 0 saturated carbocycles. The van der Waals surface area contributed by atoms with Crippen molar-refractivity contribution in [3.05, 3.63) is 136 Å². The molecular weight excluding hydrogens is 962 g/mol. The van der Waals surface area contributed by atoms with Crippen LogP contribution < -0.4 is 45.9 Å². The van der Waals surface area contributed by atoms with Crippen molar-refractivity contribution in [2.75, 3.05) is 0 Å². The van der Waals surface area contributed by atoms with Crippen LogP contribution in [0.3, 0.4) is 0 Å². The normalized spacial score (nSPS) is 8.77. The van der Waals surface area contributed by atoms with Gasteiger partial charge in [-0.15, -0.1) is 0 Å². The van der Waals surface area contributed by atoms with Gasteiger partial charge in [0.05, 0.1) is 26.2 Å². The van der Waals surface area contributed by atoms with Crippen molar-refractivity contribution in [2.45, 2.75) is 55.9 Å². The minimum absolute atomic E-state index is 0. The lowest BCUT2D eigenvalue weighted by Gasteiger charge is -1.99. The molecule has 53 heavy (non-hydrogen) atoms. The molecule has 0 saturated heterocycles. The third-order valence-electron chi connectivity index (χ3n) is 5.45. The van der Waals surface area contributed by atoms with E-state index in [1.54, 1.807) is 24.3 Å². The summed E-state index contributed by atoms with van der Waals surface area (Å²) < 4.78 is 28.0. The Balaban J connectivity index is -0.000000295. The summed E-state index contributed by atoms with van der Waals surface area (Å²) >= 11 is 7.53. The second-order valence-electron chi connectivity index (χ2n) is 9.60. The lowest BCUT2D eigenvalue weighted by Crippen LogP contribution is -2.22. The smallest absolute Gasteiger partial charge is 0.186 e. The number of aliphatic imine (C=N–C) groups is 4. The van der Waals surface area contributed by atoms with Gasteiger partial charge in [0, 0.05) is 11.6 Å². The number of halogens is 5. The maximum atomic E-state index is 12.8. The van der Waals surface area contributed by atoms with Gasteiger partial charge in [-0.3, -0.25) is 0 Å². The minimum Gasteiger partial charge on any atom is -0.370 e. The van der Waals surface area contributed by atoms with Crippen LogP contribution in [0.5, 0.6) is 0 Å². The molecule has 4 aromatic carbocycles. The number of hydrogen-bond donors (Lipinski definition) is 8. The summed E-state index contributed by atoms with van der Waals surface area (Å²) in [6.07, 6.45) is 0. The molecule has 0 aliphatic carbocycles. The second kappa shape index (κ2) is 31.3. The van der Waals surface area contributed by atoms with Crippen LogP contribution in [0.15, 0.2) is 115 Å². The average Bonchev–Trinajstić information content (AvgIpc) is 3.04. The summed E-state index contributed by atoms with van der Waals surface area (Å²) in [4.78, 5) is 15.4. The second-order valence-corrected chi connectivity index (χ2v) is 12.9. The van der Waals surface area contributed by atoms with Gasteiger partial charge in [-0.2, -0.15) is 0 Å². The Bertz CT molecular complexity index is 1640. The summed E-state index contributed by atoms with van der Waals surface area (Å²) in [5, 5.41) is 0. The van der Waals surface area contributed by atoms with Crippen LogP contribution in [0, 0.1) is 18.8 Å². The average molecular weight is 1020 g/mol. The molecule has 0 atom stereocenters. The number of benzene rings is 4. The first-order chi connectivity index (χ1) is 23.1. The van der Waals surface area contributed by atoms with Gasteiger partial charge in [0.25, 0.3) is 0 Å². The molecule has 0 bridgehead atoms. The van der Waals surface area contributed by atoms with E-state index in [1.165, 1.54) is 21.8 Å². The summed E-state index contributed by atoms with van der Waals surface area (Å²) in [5.41, 5.74) is 45.3. The number of nitrogens with two attached hydrogens (primary N) is 8. The van der Waals surface area contributed by atoms with Crippen molar-refractivity contribution < 1.29 is 8.78 Å². The zero-order valence-electron chi connectivity index (χ0n) is 26.3. The Kier molecular flexibility index (Phi) is 32.8. The van der Waals surface area contributed by atoms with Gasteiger partial charge in [0.1, 0.15) is 11.6 Å². The Morgan fingerprint density at radius 2 is 0.906 bits per heavy atom. The molecule has 0 radical (unpaired) electrons. The zero-order chi connectivity index (χ0) is 36.8. The fraction of sp³-hybridized carbons (Fsp3) is 0.222. The van der Waals surface area contributed by atoms with E-state index in [2.05, 4.69) is 58.5 Å². The summed E-state index contributed by atoms with van der Waals surface area (Å²) in [5.74, 6) is -0.153. The van der Waals surface area contributed by atoms with E-state index >= 15 is 0 Å². The summed E-state index contributed by atoms with van der Waals surface area (Å²) in [7, 11) is 0. The van der Waals surface area contributed by atoms with E-state index < -0.39 is 0 Å².